The van der Waals surface area contributed by atoms with Crippen LogP contribution >= 0.6 is 0 Å². The Morgan fingerprint density at radius 1 is 1.12 bits per heavy atom. The standard InChI is InChI=1S/C21H29NO3/c1-4-5-6-7-8-9-13-24-19-12-10-11-18(14-19)22-21(23)20-16(2)15-25-17(20)3/h10-12,14-15H,4-9,13H2,1-3H3,(H,22,23). The zero-order valence-corrected chi connectivity index (χ0v) is 15.6. The molecule has 0 radical (unpaired) electrons. The summed E-state index contributed by atoms with van der Waals surface area (Å²) >= 11 is 0. The summed E-state index contributed by atoms with van der Waals surface area (Å²) in [6, 6.07) is 7.53. The van der Waals surface area contributed by atoms with Crippen LogP contribution in [0.5, 0.6) is 5.75 Å². The SMILES string of the molecule is CCCCCCCCOc1cccc(NC(=O)c2c(C)coc2C)c1. The van der Waals surface area contributed by atoms with Crippen molar-refractivity contribution in [1.29, 1.82) is 0 Å². The van der Waals surface area contributed by atoms with Crippen molar-refractivity contribution < 1.29 is 13.9 Å². The fourth-order valence-corrected chi connectivity index (χ4v) is 2.84. The Labute approximate surface area is 150 Å². The highest BCUT2D eigenvalue weighted by molar-refractivity contribution is 6.06. The van der Waals surface area contributed by atoms with Crippen LogP contribution in [0.25, 0.3) is 0 Å². The number of hydrogen-bond donors (Lipinski definition) is 1. The van der Waals surface area contributed by atoms with Gasteiger partial charge in [0.2, 0.25) is 0 Å². The van der Waals surface area contributed by atoms with E-state index in [0.717, 1.165) is 23.4 Å². The number of nitrogens with one attached hydrogen (secondary N) is 1. The predicted molar refractivity (Wildman–Crippen MR) is 101 cm³/mol. The number of rotatable bonds is 10. The monoisotopic (exact) mass is 343 g/mol. The first kappa shape index (κ1) is 19.1. The van der Waals surface area contributed by atoms with Crippen molar-refractivity contribution in [1.82, 2.24) is 0 Å². The summed E-state index contributed by atoms with van der Waals surface area (Å²) in [6.45, 7) is 6.60. The number of aryl methyl sites for hydroxylation is 2. The van der Waals surface area contributed by atoms with Crippen molar-refractivity contribution >= 4 is 11.6 Å². The van der Waals surface area contributed by atoms with Crippen LogP contribution in [0, 0.1) is 13.8 Å². The van der Waals surface area contributed by atoms with Crippen LogP contribution in [-0.4, -0.2) is 12.5 Å². The first-order chi connectivity index (χ1) is 12.1. The molecule has 1 aromatic carbocycles. The molecule has 1 N–H and O–H groups in total. The molecule has 1 aromatic heterocycles. The van der Waals surface area contributed by atoms with Gasteiger partial charge in [-0.3, -0.25) is 4.79 Å². The fourth-order valence-electron chi connectivity index (χ4n) is 2.84. The minimum Gasteiger partial charge on any atom is -0.494 e. The molecule has 0 saturated heterocycles. The largest absolute Gasteiger partial charge is 0.494 e. The van der Waals surface area contributed by atoms with Crippen molar-refractivity contribution in [2.24, 2.45) is 0 Å². The van der Waals surface area contributed by atoms with Gasteiger partial charge in [0.1, 0.15) is 11.5 Å². The van der Waals surface area contributed by atoms with E-state index < -0.39 is 0 Å². The van der Waals surface area contributed by atoms with Gasteiger partial charge in [0.25, 0.3) is 5.91 Å². The molecule has 136 valence electrons. The van der Waals surface area contributed by atoms with E-state index in [1.54, 1.807) is 13.2 Å². The predicted octanol–water partition coefficient (Wildman–Crippen LogP) is 5.89. The zero-order valence-electron chi connectivity index (χ0n) is 15.6. The van der Waals surface area contributed by atoms with E-state index in [9.17, 15) is 4.79 Å². The van der Waals surface area contributed by atoms with Gasteiger partial charge < -0.3 is 14.5 Å². The van der Waals surface area contributed by atoms with Crippen LogP contribution in [0.3, 0.4) is 0 Å². The lowest BCUT2D eigenvalue weighted by molar-refractivity contribution is 0.102. The molecule has 0 spiro atoms. The summed E-state index contributed by atoms with van der Waals surface area (Å²) in [7, 11) is 0. The number of benzene rings is 1. The average molecular weight is 343 g/mol. The third kappa shape index (κ3) is 5.96. The molecule has 0 saturated carbocycles. The van der Waals surface area contributed by atoms with Crippen molar-refractivity contribution in [3.05, 3.63) is 47.4 Å². The number of ether oxygens (including phenoxy) is 1. The molecule has 4 nitrogen and oxygen atoms in total. The highest BCUT2D eigenvalue weighted by Crippen LogP contribution is 2.21. The van der Waals surface area contributed by atoms with E-state index in [2.05, 4.69) is 12.2 Å². The summed E-state index contributed by atoms with van der Waals surface area (Å²) in [4.78, 5) is 12.4. The molecule has 0 bridgehead atoms. The van der Waals surface area contributed by atoms with E-state index in [-0.39, 0.29) is 5.91 Å². The maximum Gasteiger partial charge on any atom is 0.259 e. The number of anilines is 1. The number of hydrogen-bond acceptors (Lipinski definition) is 3. The van der Waals surface area contributed by atoms with Crippen molar-refractivity contribution in [2.45, 2.75) is 59.3 Å². The van der Waals surface area contributed by atoms with Crippen LogP contribution in [-0.2, 0) is 0 Å². The van der Waals surface area contributed by atoms with E-state index >= 15 is 0 Å². The van der Waals surface area contributed by atoms with Crippen LogP contribution in [0.1, 0.15) is 67.1 Å². The van der Waals surface area contributed by atoms with Crippen LogP contribution < -0.4 is 10.1 Å². The molecule has 2 aromatic rings. The first-order valence-electron chi connectivity index (χ1n) is 9.20. The summed E-state index contributed by atoms with van der Waals surface area (Å²) < 4.78 is 11.1. The normalized spacial score (nSPS) is 10.7. The van der Waals surface area contributed by atoms with Crippen molar-refractivity contribution in [3.8, 4) is 5.75 Å². The molecular formula is C21H29NO3. The van der Waals surface area contributed by atoms with E-state index in [1.807, 2.05) is 31.2 Å². The number of furan rings is 1. The Morgan fingerprint density at radius 3 is 2.60 bits per heavy atom. The van der Waals surface area contributed by atoms with Gasteiger partial charge in [0.15, 0.2) is 0 Å². The Kier molecular flexibility index (Phi) is 7.58. The van der Waals surface area contributed by atoms with Gasteiger partial charge in [-0.15, -0.1) is 0 Å². The molecular weight excluding hydrogens is 314 g/mol. The maximum atomic E-state index is 12.4. The second-order valence-corrected chi connectivity index (χ2v) is 6.45. The number of carbonyl (C=O) groups excluding carboxylic acids is 1. The summed E-state index contributed by atoms with van der Waals surface area (Å²) in [5, 5.41) is 2.91. The molecule has 0 unspecified atom stereocenters. The first-order valence-corrected chi connectivity index (χ1v) is 9.20. The van der Waals surface area contributed by atoms with Gasteiger partial charge in [0.05, 0.1) is 18.4 Å². The van der Waals surface area contributed by atoms with Gasteiger partial charge in [-0.2, -0.15) is 0 Å². The van der Waals surface area contributed by atoms with Gasteiger partial charge >= 0.3 is 0 Å². The zero-order chi connectivity index (χ0) is 18.1. The Hall–Kier alpha value is -2.23. The van der Waals surface area contributed by atoms with Crippen molar-refractivity contribution in [3.63, 3.8) is 0 Å². The summed E-state index contributed by atoms with van der Waals surface area (Å²) in [6.07, 6.45) is 9.04. The van der Waals surface area contributed by atoms with Gasteiger partial charge in [-0.05, 0) is 32.4 Å². The van der Waals surface area contributed by atoms with Crippen LogP contribution in [0.2, 0.25) is 0 Å². The molecule has 4 heteroatoms. The molecule has 0 fully saturated rings. The van der Waals surface area contributed by atoms with Gasteiger partial charge in [-0.1, -0.05) is 45.1 Å². The summed E-state index contributed by atoms with van der Waals surface area (Å²) in [5.41, 5.74) is 2.16. The van der Waals surface area contributed by atoms with E-state index in [1.165, 1.54) is 32.1 Å². The Balaban J connectivity index is 1.82. The van der Waals surface area contributed by atoms with Gasteiger partial charge in [-0.25, -0.2) is 0 Å². The topological polar surface area (TPSA) is 51.5 Å². The summed E-state index contributed by atoms with van der Waals surface area (Å²) in [5.74, 6) is 1.26. The molecule has 0 aliphatic rings. The lowest BCUT2D eigenvalue weighted by atomic mass is 10.1. The number of unbranched alkanes of at least 4 members (excludes halogenated alkanes) is 5. The van der Waals surface area contributed by atoms with E-state index in [0.29, 0.717) is 17.9 Å². The Bertz CT molecular complexity index is 656. The van der Waals surface area contributed by atoms with Crippen molar-refractivity contribution in [2.75, 3.05) is 11.9 Å². The lowest BCUT2D eigenvalue weighted by Crippen LogP contribution is -2.13. The van der Waals surface area contributed by atoms with E-state index in [4.69, 9.17) is 9.15 Å². The fraction of sp³-hybridized carbons (Fsp3) is 0.476. The molecule has 0 atom stereocenters. The quantitative estimate of drug-likeness (QED) is 0.547. The molecule has 1 heterocycles. The average Bonchev–Trinajstić information content (AvgIpc) is 2.93. The minimum atomic E-state index is -0.156. The molecule has 0 aliphatic heterocycles. The highest BCUT2D eigenvalue weighted by atomic mass is 16.5. The smallest absolute Gasteiger partial charge is 0.259 e. The maximum absolute atomic E-state index is 12.4. The second kappa shape index (κ2) is 9.92. The number of carbonyl (C=O) groups is 1. The molecule has 25 heavy (non-hydrogen) atoms. The third-order valence-electron chi connectivity index (χ3n) is 4.24. The van der Waals surface area contributed by atoms with Gasteiger partial charge in [0, 0.05) is 17.3 Å². The highest BCUT2D eigenvalue weighted by Gasteiger charge is 2.15. The minimum absolute atomic E-state index is 0.156. The Morgan fingerprint density at radius 2 is 1.88 bits per heavy atom. The lowest BCUT2D eigenvalue weighted by Gasteiger charge is -2.09. The molecule has 2 rings (SSSR count). The van der Waals surface area contributed by atoms with Crippen LogP contribution in [0.4, 0.5) is 5.69 Å². The second-order valence-electron chi connectivity index (χ2n) is 6.45. The molecule has 1 amide bonds. The van der Waals surface area contributed by atoms with Crippen LogP contribution in [0.15, 0.2) is 34.9 Å². The number of amides is 1. The molecule has 0 aliphatic carbocycles. The third-order valence-corrected chi connectivity index (χ3v) is 4.24.